The fraction of sp³-hybridized carbons (Fsp3) is 0.174. The molecule has 2 N–H and O–H groups in total. The van der Waals surface area contributed by atoms with Crippen LogP contribution in [0.15, 0.2) is 77.7 Å². The van der Waals surface area contributed by atoms with E-state index >= 15 is 0 Å². The number of aryl methyl sites for hydroxylation is 1. The van der Waals surface area contributed by atoms with Gasteiger partial charge in [-0.05, 0) is 48.4 Å². The molecule has 3 rings (SSSR count). The van der Waals surface area contributed by atoms with Gasteiger partial charge in [-0.15, -0.1) is 0 Å². The number of ether oxygens (including phenoxy) is 1. The first-order valence-electron chi connectivity index (χ1n) is 9.59. The number of benzene rings is 3. The number of carbonyl (C=O) groups excluding carboxylic acids is 1. The number of anilines is 2. The fourth-order valence-corrected chi connectivity index (χ4v) is 4.12. The zero-order valence-electron chi connectivity index (χ0n) is 16.9. The summed E-state index contributed by atoms with van der Waals surface area (Å²) in [6, 6.07) is 20.2. The van der Waals surface area contributed by atoms with Crippen molar-refractivity contribution in [3.8, 4) is 5.75 Å². The SMILES string of the molecule is CCCc1ccc(S(=O)(=O)Nc2ccccc2C(=O)Nc2ccccc2OC)cc1. The molecule has 0 aromatic heterocycles. The van der Waals surface area contributed by atoms with Gasteiger partial charge in [-0.1, -0.05) is 49.7 Å². The first-order chi connectivity index (χ1) is 14.4. The number of para-hydroxylation sites is 3. The first kappa shape index (κ1) is 21.4. The van der Waals surface area contributed by atoms with Crippen LogP contribution in [0.4, 0.5) is 11.4 Å². The summed E-state index contributed by atoms with van der Waals surface area (Å²) < 4.78 is 33.5. The van der Waals surface area contributed by atoms with Crippen LogP contribution in [0.1, 0.15) is 29.3 Å². The Morgan fingerprint density at radius 1 is 0.900 bits per heavy atom. The predicted molar refractivity (Wildman–Crippen MR) is 119 cm³/mol. The van der Waals surface area contributed by atoms with Gasteiger partial charge in [-0.25, -0.2) is 8.42 Å². The monoisotopic (exact) mass is 424 g/mol. The molecule has 6 nitrogen and oxygen atoms in total. The number of amides is 1. The molecular formula is C23H24N2O4S. The second-order valence-corrected chi connectivity index (χ2v) is 8.38. The van der Waals surface area contributed by atoms with Crippen LogP contribution in [0.5, 0.6) is 5.75 Å². The Morgan fingerprint density at radius 2 is 1.53 bits per heavy atom. The molecule has 0 unspecified atom stereocenters. The number of rotatable bonds is 8. The lowest BCUT2D eigenvalue weighted by molar-refractivity contribution is 0.102. The number of hydrogen-bond donors (Lipinski definition) is 2. The highest BCUT2D eigenvalue weighted by Crippen LogP contribution is 2.26. The smallest absolute Gasteiger partial charge is 0.261 e. The van der Waals surface area contributed by atoms with Gasteiger partial charge in [0.1, 0.15) is 5.75 Å². The molecule has 0 saturated heterocycles. The Balaban J connectivity index is 1.85. The van der Waals surface area contributed by atoms with Crippen molar-refractivity contribution in [3.05, 3.63) is 83.9 Å². The first-order valence-corrected chi connectivity index (χ1v) is 11.1. The molecule has 156 valence electrons. The molecule has 0 fully saturated rings. The molecule has 0 radical (unpaired) electrons. The lowest BCUT2D eigenvalue weighted by Gasteiger charge is -2.14. The summed E-state index contributed by atoms with van der Waals surface area (Å²) in [5.41, 5.74) is 1.97. The number of methoxy groups -OCH3 is 1. The van der Waals surface area contributed by atoms with Crippen molar-refractivity contribution in [2.45, 2.75) is 24.7 Å². The van der Waals surface area contributed by atoms with Crippen LogP contribution in [-0.4, -0.2) is 21.4 Å². The van der Waals surface area contributed by atoms with Crippen LogP contribution in [0.25, 0.3) is 0 Å². The molecular weight excluding hydrogens is 400 g/mol. The third-order valence-electron chi connectivity index (χ3n) is 4.54. The maximum atomic E-state index is 12.8. The van der Waals surface area contributed by atoms with Gasteiger partial charge in [0.25, 0.3) is 15.9 Å². The standard InChI is InChI=1S/C23H24N2O4S/c1-3-8-17-13-15-18(16-14-17)30(27,28)25-20-10-5-4-9-19(20)23(26)24-21-11-6-7-12-22(21)29-2/h4-7,9-16,25H,3,8H2,1-2H3,(H,24,26). The topological polar surface area (TPSA) is 84.5 Å². The third kappa shape index (κ3) is 4.99. The van der Waals surface area contributed by atoms with Gasteiger partial charge < -0.3 is 10.1 Å². The lowest BCUT2D eigenvalue weighted by Crippen LogP contribution is -2.19. The summed E-state index contributed by atoms with van der Waals surface area (Å²) in [6.45, 7) is 2.07. The highest BCUT2D eigenvalue weighted by molar-refractivity contribution is 7.92. The Hall–Kier alpha value is -3.32. The van der Waals surface area contributed by atoms with Crippen LogP contribution >= 0.6 is 0 Å². The number of hydrogen-bond acceptors (Lipinski definition) is 4. The highest BCUT2D eigenvalue weighted by Gasteiger charge is 2.19. The van der Waals surface area contributed by atoms with Gasteiger partial charge in [-0.2, -0.15) is 0 Å². The van der Waals surface area contributed by atoms with E-state index in [2.05, 4.69) is 17.0 Å². The van der Waals surface area contributed by atoms with E-state index in [4.69, 9.17) is 4.74 Å². The number of sulfonamides is 1. The zero-order chi connectivity index (χ0) is 21.6. The highest BCUT2D eigenvalue weighted by atomic mass is 32.2. The average molecular weight is 425 g/mol. The Kier molecular flexibility index (Phi) is 6.74. The van der Waals surface area contributed by atoms with E-state index in [0.29, 0.717) is 11.4 Å². The molecule has 3 aromatic carbocycles. The van der Waals surface area contributed by atoms with E-state index < -0.39 is 15.9 Å². The predicted octanol–water partition coefficient (Wildman–Crippen LogP) is 4.70. The molecule has 3 aromatic rings. The summed E-state index contributed by atoms with van der Waals surface area (Å²) >= 11 is 0. The maximum absolute atomic E-state index is 12.8. The number of nitrogens with one attached hydrogen (secondary N) is 2. The maximum Gasteiger partial charge on any atom is 0.261 e. The van der Waals surface area contributed by atoms with E-state index in [1.807, 2.05) is 0 Å². The van der Waals surface area contributed by atoms with E-state index in [9.17, 15) is 13.2 Å². The number of carbonyl (C=O) groups is 1. The van der Waals surface area contributed by atoms with E-state index in [-0.39, 0.29) is 16.1 Å². The van der Waals surface area contributed by atoms with E-state index in [0.717, 1.165) is 18.4 Å². The van der Waals surface area contributed by atoms with Gasteiger partial charge >= 0.3 is 0 Å². The van der Waals surface area contributed by atoms with Gasteiger partial charge in [0, 0.05) is 0 Å². The van der Waals surface area contributed by atoms with Crippen LogP contribution in [0.2, 0.25) is 0 Å². The van der Waals surface area contributed by atoms with Gasteiger partial charge in [0.2, 0.25) is 0 Å². The molecule has 0 spiro atoms. The second-order valence-electron chi connectivity index (χ2n) is 6.70. The van der Waals surface area contributed by atoms with Crippen LogP contribution < -0.4 is 14.8 Å². The summed E-state index contributed by atoms with van der Waals surface area (Å²) in [4.78, 5) is 13.0. The van der Waals surface area contributed by atoms with Crippen LogP contribution in [0, 0.1) is 0 Å². The minimum Gasteiger partial charge on any atom is -0.495 e. The molecule has 30 heavy (non-hydrogen) atoms. The normalized spacial score (nSPS) is 11.0. The van der Waals surface area contributed by atoms with Gasteiger partial charge in [0.15, 0.2) is 0 Å². The van der Waals surface area contributed by atoms with E-state index in [1.165, 1.54) is 7.11 Å². The average Bonchev–Trinajstić information content (AvgIpc) is 2.75. The molecule has 0 aliphatic heterocycles. The summed E-state index contributed by atoms with van der Waals surface area (Å²) in [5, 5.41) is 2.77. The lowest BCUT2D eigenvalue weighted by atomic mass is 10.1. The second kappa shape index (κ2) is 9.45. The minimum atomic E-state index is -3.84. The molecule has 0 atom stereocenters. The molecule has 0 heterocycles. The third-order valence-corrected chi connectivity index (χ3v) is 5.92. The molecule has 0 aliphatic rings. The summed E-state index contributed by atoms with van der Waals surface area (Å²) in [7, 11) is -2.33. The van der Waals surface area contributed by atoms with Crippen LogP contribution in [0.3, 0.4) is 0 Å². The summed E-state index contributed by atoms with van der Waals surface area (Å²) in [5.74, 6) is 0.0622. The Morgan fingerprint density at radius 3 is 2.20 bits per heavy atom. The zero-order valence-corrected chi connectivity index (χ0v) is 17.7. The van der Waals surface area contributed by atoms with Crippen molar-refractivity contribution >= 4 is 27.3 Å². The summed E-state index contributed by atoms with van der Waals surface area (Å²) in [6.07, 6.45) is 1.87. The molecule has 7 heteroatoms. The molecule has 0 saturated carbocycles. The minimum absolute atomic E-state index is 0.141. The van der Waals surface area contributed by atoms with E-state index in [1.54, 1.807) is 72.8 Å². The Labute approximate surface area is 177 Å². The van der Waals surface area contributed by atoms with Crippen molar-refractivity contribution in [2.75, 3.05) is 17.1 Å². The molecule has 0 aliphatic carbocycles. The van der Waals surface area contributed by atoms with Crippen LogP contribution in [-0.2, 0) is 16.4 Å². The van der Waals surface area contributed by atoms with Gasteiger partial charge in [0.05, 0.1) is 28.9 Å². The fourth-order valence-electron chi connectivity index (χ4n) is 3.04. The molecule has 1 amide bonds. The van der Waals surface area contributed by atoms with Crippen molar-refractivity contribution in [1.29, 1.82) is 0 Å². The Bertz CT molecular complexity index is 1130. The largest absolute Gasteiger partial charge is 0.495 e. The van der Waals surface area contributed by atoms with Crippen molar-refractivity contribution in [2.24, 2.45) is 0 Å². The van der Waals surface area contributed by atoms with Crippen molar-refractivity contribution in [3.63, 3.8) is 0 Å². The van der Waals surface area contributed by atoms with Crippen molar-refractivity contribution in [1.82, 2.24) is 0 Å². The molecule has 0 bridgehead atoms. The quantitative estimate of drug-likeness (QED) is 0.549. The van der Waals surface area contributed by atoms with Gasteiger partial charge in [-0.3, -0.25) is 9.52 Å². The van der Waals surface area contributed by atoms with Crippen molar-refractivity contribution < 1.29 is 17.9 Å².